The second-order valence-corrected chi connectivity index (χ2v) is 9.45. The molecule has 0 radical (unpaired) electrons. The minimum atomic E-state index is -0.909. The molecule has 1 spiro atoms. The third-order valence-corrected chi connectivity index (χ3v) is 8.56. The maximum atomic E-state index is 13.6. The zero-order chi connectivity index (χ0) is 17.8. The molecule has 0 aromatic rings. The third kappa shape index (κ3) is 1.47. The van der Waals surface area contributed by atoms with Crippen LogP contribution in [-0.4, -0.2) is 29.6 Å². The Labute approximate surface area is 148 Å². The topological polar surface area (TPSA) is 63.6 Å². The molecule has 6 aliphatic rings. The molecule has 1 saturated heterocycles. The predicted octanol–water partition coefficient (Wildman–Crippen LogP) is 2.81. The molecule has 0 aromatic carbocycles. The van der Waals surface area contributed by atoms with Gasteiger partial charge in [-0.25, -0.2) is 0 Å². The average Bonchev–Trinajstić information content (AvgIpc) is 2.60. The van der Waals surface area contributed by atoms with Crippen LogP contribution in [-0.2, 0) is 14.3 Å². The van der Waals surface area contributed by atoms with Crippen LogP contribution < -0.4 is 0 Å². The molecule has 6 fully saturated rings. The Morgan fingerprint density at radius 1 is 1.16 bits per heavy atom. The minimum Gasteiger partial charge on any atom is -0.465 e. The van der Waals surface area contributed by atoms with E-state index in [1.165, 1.54) is 0 Å². The number of aliphatic hydroxyl groups is 1. The summed E-state index contributed by atoms with van der Waals surface area (Å²) in [4.78, 5) is 26.8. The number of hydrogen-bond acceptors (Lipinski definition) is 4. The summed E-state index contributed by atoms with van der Waals surface area (Å²) in [6, 6.07) is 0. The summed E-state index contributed by atoms with van der Waals surface area (Å²) in [7, 11) is 0. The monoisotopic (exact) mass is 342 g/mol. The number of aliphatic hydroxyl groups excluding tert-OH is 1. The van der Waals surface area contributed by atoms with Gasteiger partial charge in [-0.1, -0.05) is 26.5 Å². The fourth-order valence-electron chi connectivity index (χ4n) is 7.60. The molecule has 5 saturated carbocycles. The number of rotatable bonds is 0. The van der Waals surface area contributed by atoms with Gasteiger partial charge in [0.15, 0.2) is 5.78 Å². The van der Waals surface area contributed by atoms with Crippen LogP contribution in [0.3, 0.4) is 0 Å². The van der Waals surface area contributed by atoms with Crippen LogP contribution in [0.5, 0.6) is 0 Å². The Bertz CT molecular complexity index is 738. The molecule has 4 bridgehead atoms. The molecule has 0 aromatic heterocycles. The lowest BCUT2D eigenvalue weighted by molar-refractivity contribution is -0.232. The lowest BCUT2D eigenvalue weighted by Crippen LogP contribution is -2.73. The van der Waals surface area contributed by atoms with Gasteiger partial charge >= 0.3 is 5.97 Å². The Kier molecular flexibility index (Phi) is 2.82. The van der Waals surface area contributed by atoms with Gasteiger partial charge in [0, 0.05) is 11.3 Å². The number of esters is 1. The molecule has 4 heteroatoms. The van der Waals surface area contributed by atoms with Gasteiger partial charge in [0.05, 0.1) is 23.5 Å². The number of cyclic esters (lactones) is 1. The summed E-state index contributed by atoms with van der Waals surface area (Å²) in [5, 5.41) is 11.1. The van der Waals surface area contributed by atoms with E-state index in [2.05, 4.69) is 20.1 Å². The fraction of sp³-hybridized carbons (Fsp3) is 0.714. The first-order valence-corrected chi connectivity index (χ1v) is 9.56. The van der Waals surface area contributed by atoms with Crippen molar-refractivity contribution < 1.29 is 19.4 Å². The number of Topliss-reactive ketones (excluding diaryl/α,β-unsaturated/α-hetero) is 1. The second-order valence-electron chi connectivity index (χ2n) is 9.45. The SMILES string of the molecule is C=C1C(=O)[C@@]23CC[C@@H](CC2C24CCC[C@@](C)(COC2=O)C14)C(=C)[C@@H]3O. The highest BCUT2D eigenvalue weighted by atomic mass is 16.5. The number of ketones is 1. The van der Waals surface area contributed by atoms with Crippen molar-refractivity contribution >= 4 is 11.8 Å². The van der Waals surface area contributed by atoms with E-state index in [1.54, 1.807) is 0 Å². The number of hydrogen-bond donors (Lipinski definition) is 1. The molecular weight excluding hydrogens is 316 g/mol. The van der Waals surface area contributed by atoms with E-state index >= 15 is 0 Å². The van der Waals surface area contributed by atoms with E-state index < -0.39 is 16.9 Å². The average molecular weight is 342 g/mol. The van der Waals surface area contributed by atoms with Gasteiger partial charge in [-0.15, -0.1) is 0 Å². The normalized spacial score (nSPS) is 54.0. The first kappa shape index (κ1) is 15.8. The maximum absolute atomic E-state index is 13.6. The smallest absolute Gasteiger partial charge is 0.313 e. The van der Waals surface area contributed by atoms with Gasteiger partial charge in [0.1, 0.15) is 0 Å². The summed E-state index contributed by atoms with van der Waals surface area (Å²) < 4.78 is 5.71. The first-order chi connectivity index (χ1) is 11.8. The number of carbonyl (C=O) groups excluding carboxylic acids is 2. The Morgan fingerprint density at radius 3 is 2.68 bits per heavy atom. The van der Waals surface area contributed by atoms with Gasteiger partial charge < -0.3 is 9.84 Å². The third-order valence-electron chi connectivity index (χ3n) is 8.56. The summed E-state index contributed by atoms with van der Waals surface area (Å²) in [6.07, 6.45) is 4.10. The molecule has 1 heterocycles. The fourth-order valence-corrected chi connectivity index (χ4v) is 7.60. The van der Waals surface area contributed by atoms with Crippen molar-refractivity contribution in [1.29, 1.82) is 0 Å². The molecular formula is C21H26O4. The van der Waals surface area contributed by atoms with E-state index in [1.807, 2.05) is 0 Å². The predicted molar refractivity (Wildman–Crippen MR) is 91.4 cm³/mol. The highest BCUT2D eigenvalue weighted by Gasteiger charge is 2.76. The van der Waals surface area contributed by atoms with E-state index in [0.29, 0.717) is 18.6 Å². The van der Waals surface area contributed by atoms with E-state index in [0.717, 1.165) is 37.7 Å². The van der Waals surface area contributed by atoms with Gasteiger partial charge in [-0.2, -0.15) is 0 Å². The van der Waals surface area contributed by atoms with Gasteiger partial charge in [-0.3, -0.25) is 9.59 Å². The molecule has 7 atom stereocenters. The summed E-state index contributed by atoms with van der Waals surface area (Å²) in [6.45, 7) is 10.8. The molecule has 3 unspecified atom stereocenters. The number of carbonyl (C=O) groups is 2. The Balaban J connectivity index is 1.77. The van der Waals surface area contributed by atoms with Crippen molar-refractivity contribution in [1.82, 2.24) is 0 Å². The van der Waals surface area contributed by atoms with Gasteiger partial charge in [-0.05, 0) is 55.1 Å². The van der Waals surface area contributed by atoms with Crippen LogP contribution >= 0.6 is 0 Å². The van der Waals surface area contributed by atoms with E-state index in [9.17, 15) is 14.7 Å². The van der Waals surface area contributed by atoms with Gasteiger partial charge in [0.2, 0.25) is 0 Å². The minimum absolute atomic E-state index is 0.00671. The van der Waals surface area contributed by atoms with E-state index in [4.69, 9.17) is 4.74 Å². The van der Waals surface area contributed by atoms with Crippen LogP contribution in [0.1, 0.15) is 45.4 Å². The number of fused-ring (bicyclic) bond motifs is 2. The highest BCUT2D eigenvalue weighted by molar-refractivity contribution is 6.05. The summed E-state index contributed by atoms with van der Waals surface area (Å²) in [5.41, 5.74) is -0.465. The first-order valence-electron chi connectivity index (χ1n) is 9.56. The van der Waals surface area contributed by atoms with Crippen LogP contribution in [0, 0.1) is 34.0 Å². The summed E-state index contributed by atoms with van der Waals surface area (Å²) >= 11 is 0. The Hall–Kier alpha value is -1.42. The van der Waals surface area contributed by atoms with Crippen molar-refractivity contribution in [3.05, 3.63) is 24.3 Å². The molecule has 4 nitrogen and oxygen atoms in total. The molecule has 5 aliphatic carbocycles. The standard InChI is InChI=1S/C21H26O4/c1-11-13-5-8-21(16(11)22)14(9-13)20-7-4-6-19(3,10-25-18(20)24)15(20)12(2)17(21)23/h13-16,22H,1-2,4-10H2,3H3/t13-,14?,15?,16-,19-,20?,21-/m0/s1. The van der Waals surface area contributed by atoms with Crippen LogP contribution in [0.25, 0.3) is 0 Å². The van der Waals surface area contributed by atoms with Crippen LogP contribution in [0.15, 0.2) is 24.3 Å². The molecule has 1 aliphatic heterocycles. The van der Waals surface area contributed by atoms with Crippen LogP contribution in [0.2, 0.25) is 0 Å². The van der Waals surface area contributed by atoms with E-state index in [-0.39, 0.29) is 34.9 Å². The van der Waals surface area contributed by atoms with Crippen molar-refractivity contribution in [2.45, 2.75) is 51.6 Å². The van der Waals surface area contributed by atoms with Crippen molar-refractivity contribution in [3.8, 4) is 0 Å². The molecule has 1 N–H and O–H groups in total. The van der Waals surface area contributed by atoms with Crippen molar-refractivity contribution in [3.63, 3.8) is 0 Å². The van der Waals surface area contributed by atoms with Crippen molar-refractivity contribution in [2.75, 3.05) is 6.61 Å². The molecule has 25 heavy (non-hydrogen) atoms. The zero-order valence-corrected chi connectivity index (χ0v) is 14.8. The lowest BCUT2D eigenvalue weighted by Gasteiger charge is -2.69. The maximum Gasteiger partial charge on any atom is 0.313 e. The highest BCUT2D eigenvalue weighted by Crippen LogP contribution is 2.73. The quantitative estimate of drug-likeness (QED) is 0.418. The lowest BCUT2D eigenvalue weighted by atomic mass is 9.34. The summed E-state index contributed by atoms with van der Waals surface area (Å²) in [5.74, 6) is -0.239. The molecule has 6 rings (SSSR count). The second kappa shape index (κ2) is 4.46. The number of allylic oxidation sites excluding steroid dienone is 1. The largest absolute Gasteiger partial charge is 0.465 e. The molecule has 0 amide bonds. The Morgan fingerprint density at radius 2 is 1.92 bits per heavy atom. The zero-order valence-electron chi connectivity index (χ0n) is 14.8. The van der Waals surface area contributed by atoms with Crippen LogP contribution in [0.4, 0.5) is 0 Å². The van der Waals surface area contributed by atoms with Crippen molar-refractivity contribution in [2.24, 2.45) is 34.0 Å². The molecule has 134 valence electrons. The number of ether oxygens (including phenoxy) is 1. The van der Waals surface area contributed by atoms with Gasteiger partial charge in [0.25, 0.3) is 0 Å².